The molecule has 0 spiro atoms. The Labute approximate surface area is 199 Å². The minimum atomic E-state index is -4.51. The van der Waals surface area contributed by atoms with Gasteiger partial charge in [-0.1, -0.05) is 0 Å². The van der Waals surface area contributed by atoms with Gasteiger partial charge in [0.2, 0.25) is 0 Å². The van der Waals surface area contributed by atoms with E-state index in [-0.39, 0.29) is 18.3 Å². The molecule has 1 aromatic rings. The number of halogens is 3. The van der Waals surface area contributed by atoms with Gasteiger partial charge in [0.05, 0.1) is 5.56 Å². The zero-order valence-electron chi connectivity index (χ0n) is 20.9. The van der Waals surface area contributed by atoms with Crippen LogP contribution in [0.15, 0.2) is 18.2 Å². The van der Waals surface area contributed by atoms with Gasteiger partial charge in [-0.25, -0.2) is 9.59 Å². The van der Waals surface area contributed by atoms with Crippen LogP contribution in [-0.4, -0.2) is 65.3 Å². The maximum absolute atomic E-state index is 13.3. The Bertz CT molecular complexity index is 875. The summed E-state index contributed by atoms with van der Waals surface area (Å²) in [5, 5.41) is 0. The molecule has 1 atom stereocenters. The lowest BCUT2D eigenvalue weighted by molar-refractivity contribution is -0.157. The standard InChI is InChI=1S/C24H35F3N2O5/c1-16-13-28(10-11-29(16)21(31)34-23(5,6)7)14-17-12-18(24(25,26)27)8-9-19(17)32-15-20(30)33-22(2,3)4/h8-9,12,16H,10-11,13-15H2,1-7H3. The summed E-state index contributed by atoms with van der Waals surface area (Å²) in [6.07, 6.45) is -4.93. The maximum atomic E-state index is 13.3. The van der Waals surface area contributed by atoms with Crippen LogP contribution < -0.4 is 4.74 Å². The Morgan fingerprint density at radius 1 is 1.00 bits per heavy atom. The van der Waals surface area contributed by atoms with Crippen LogP contribution in [-0.2, 0) is 27.0 Å². The number of benzene rings is 1. The van der Waals surface area contributed by atoms with Crippen LogP contribution in [0.1, 0.15) is 59.6 Å². The van der Waals surface area contributed by atoms with Crippen molar-refractivity contribution in [3.8, 4) is 5.75 Å². The molecular weight excluding hydrogens is 453 g/mol. The molecule has 0 aliphatic carbocycles. The summed E-state index contributed by atoms with van der Waals surface area (Å²) in [4.78, 5) is 28.0. The molecule has 7 nitrogen and oxygen atoms in total. The largest absolute Gasteiger partial charge is 0.482 e. The number of hydrogen-bond donors (Lipinski definition) is 0. The molecule has 1 heterocycles. The Kier molecular flexibility index (Phi) is 8.50. The number of esters is 1. The van der Waals surface area contributed by atoms with Gasteiger partial charge in [-0.05, 0) is 66.7 Å². The number of ether oxygens (including phenoxy) is 3. The van der Waals surface area contributed by atoms with Gasteiger partial charge in [-0.15, -0.1) is 0 Å². The number of carbonyl (C=O) groups is 2. The minimum Gasteiger partial charge on any atom is -0.482 e. The topological polar surface area (TPSA) is 68.3 Å². The summed E-state index contributed by atoms with van der Waals surface area (Å²) >= 11 is 0. The summed E-state index contributed by atoms with van der Waals surface area (Å²) < 4.78 is 56.2. The van der Waals surface area contributed by atoms with Crippen LogP contribution in [0.3, 0.4) is 0 Å². The number of piperazine rings is 1. The minimum absolute atomic E-state index is 0.167. The number of hydrogen-bond acceptors (Lipinski definition) is 6. The average Bonchev–Trinajstić information content (AvgIpc) is 2.63. The molecule has 1 amide bonds. The Balaban J connectivity index is 2.13. The van der Waals surface area contributed by atoms with E-state index in [0.29, 0.717) is 25.2 Å². The van der Waals surface area contributed by atoms with Crippen molar-refractivity contribution < 1.29 is 37.0 Å². The van der Waals surface area contributed by atoms with Crippen molar-refractivity contribution in [2.24, 2.45) is 0 Å². The predicted molar refractivity (Wildman–Crippen MR) is 120 cm³/mol. The first-order chi connectivity index (χ1) is 15.4. The lowest BCUT2D eigenvalue weighted by Crippen LogP contribution is -2.54. The summed E-state index contributed by atoms with van der Waals surface area (Å²) in [7, 11) is 0. The van der Waals surface area contributed by atoms with Crippen LogP contribution in [0, 0.1) is 0 Å². The molecule has 192 valence electrons. The number of alkyl halides is 3. The molecule has 0 saturated carbocycles. The number of carbonyl (C=O) groups excluding carboxylic acids is 2. The van der Waals surface area contributed by atoms with E-state index in [2.05, 4.69) is 0 Å². The van der Waals surface area contributed by atoms with E-state index in [9.17, 15) is 22.8 Å². The van der Waals surface area contributed by atoms with E-state index in [0.717, 1.165) is 12.1 Å². The number of rotatable bonds is 5. The Hall–Kier alpha value is -2.49. The zero-order chi connectivity index (χ0) is 25.9. The highest BCUT2D eigenvalue weighted by Crippen LogP contribution is 2.33. The fraction of sp³-hybridized carbons (Fsp3) is 0.667. The van der Waals surface area contributed by atoms with Crippen molar-refractivity contribution in [3.05, 3.63) is 29.3 Å². The van der Waals surface area contributed by atoms with Gasteiger partial charge in [-0.3, -0.25) is 4.90 Å². The Morgan fingerprint density at radius 2 is 1.62 bits per heavy atom. The predicted octanol–water partition coefficient (Wildman–Crippen LogP) is 4.87. The molecule has 0 N–H and O–H groups in total. The van der Waals surface area contributed by atoms with Gasteiger partial charge < -0.3 is 19.1 Å². The highest BCUT2D eigenvalue weighted by molar-refractivity contribution is 5.71. The monoisotopic (exact) mass is 488 g/mol. The first-order valence-electron chi connectivity index (χ1n) is 11.2. The zero-order valence-corrected chi connectivity index (χ0v) is 20.9. The first-order valence-corrected chi connectivity index (χ1v) is 11.2. The molecule has 1 aliphatic heterocycles. The van der Waals surface area contributed by atoms with Crippen molar-refractivity contribution in [3.63, 3.8) is 0 Å². The highest BCUT2D eigenvalue weighted by Gasteiger charge is 2.33. The van der Waals surface area contributed by atoms with E-state index in [4.69, 9.17) is 14.2 Å². The SMILES string of the molecule is CC1CN(Cc2cc(C(F)(F)F)ccc2OCC(=O)OC(C)(C)C)CCN1C(=O)OC(C)(C)C. The van der Waals surface area contributed by atoms with E-state index in [1.165, 1.54) is 6.07 Å². The van der Waals surface area contributed by atoms with Crippen LogP contribution >= 0.6 is 0 Å². The van der Waals surface area contributed by atoms with Crippen molar-refractivity contribution in [1.82, 2.24) is 9.80 Å². The summed E-state index contributed by atoms with van der Waals surface area (Å²) in [6, 6.07) is 3.00. The summed E-state index contributed by atoms with van der Waals surface area (Å²) in [5.41, 5.74) is -1.82. The quantitative estimate of drug-likeness (QED) is 0.551. The van der Waals surface area contributed by atoms with Gasteiger partial charge in [0, 0.05) is 37.8 Å². The van der Waals surface area contributed by atoms with Gasteiger partial charge >= 0.3 is 18.2 Å². The second kappa shape index (κ2) is 10.4. The molecule has 0 aromatic heterocycles. The number of nitrogens with zero attached hydrogens (tertiary/aromatic N) is 2. The summed E-state index contributed by atoms with van der Waals surface area (Å²) in [6.45, 7) is 13.4. The molecule has 0 radical (unpaired) electrons. The van der Waals surface area contributed by atoms with Crippen molar-refractivity contribution >= 4 is 12.1 Å². The second-order valence-electron chi connectivity index (χ2n) is 10.5. The molecule has 1 fully saturated rings. The van der Waals surface area contributed by atoms with Crippen LogP contribution in [0.5, 0.6) is 5.75 Å². The summed E-state index contributed by atoms with van der Waals surface area (Å²) in [5.74, 6) is -0.431. The van der Waals surface area contributed by atoms with Crippen LogP contribution in [0.4, 0.5) is 18.0 Å². The lowest BCUT2D eigenvalue weighted by atomic mass is 10.1. The van der Waals surface area contributed by atoms with Gasteiger partial charge in [0.15, 0.2) is 6.61 Å². The van der Waals surface area contributed by atoms with E-state index in [1.807, 2.05) is 11.8 Å². The molecule has 34 heavy (non-hydrogen) atoms. The normalized spacial score (nSPS) is 17.9. The fourth-order valence-corrected chi connectivity index (χ4v) is 3.54. The number of amides is 1. The first kappa shape index (κ1) is 27.8. The third-order valence-electron chi connectivity index (χ3n) is 4.89. The lowest BCUT2D eigenvalue weighted by Gasteiger charge is -2.40. The molecule has 10 heteroatoms. The molecule has 1 aromatic carbocycles. The molecule has 1 saturated heterocycles. The molecule has 1 aliphatic rings. The molecule has 1 unspecified atom stereocenters. The third kappa shape index (κ3) is 8.70. The van der Waals surface area contributed by atoms with E-state index >= 15 is 0 Å². The van der Waals surface area contributed by atoms with Crippen molar-refractivity contribution in [2.45, 2.75) is 78.4 Å². The third-order valence-corrected chi connectivity index (χ3v) is 4.89. The van der Waals surface area contributed by atoms with Crippen LogP contribution in [0.2, 0.25) is 0 Å². The smallest absolute Gasteiger partial charge is 0.416 e. The average molecular weight is 489 g/mol. The fourth-order valence-electron chi connectivity index (χ4n) is 3.54. The van der Waals surface area contributed by atoms with E-state index in [1.54, 1.807) is 46.4 Å². The van der Waals surface area contributed by atoms with Crippen molar-refractivity contribution in [1.29, 1.82) is 0 Å². The second-order valence-corrected chi connectivity index (χ2v) is 10.5. The molecule has 0 bridgehead atoms. The van der Waals surface area contributed by atoms with Gasteiger partial charge in [0.25, 0.3) is 0 Å². The maximum Gasteiger partial charge on any atom is 0.416 e. The van der Waals surface area contributed by atoms with Crippen molar-refractivity contribution in [2.75, 3.05) is 26.2 Å². The molecular formula is C24H35F3N2O5. The van der Waals surface area contributed by atoms with Gasteiger partial charge in [0.1, 0.15) is 17.0 Å². The highest BCUT2D eigenvalue weighted by atomic mass is 19.4. The van der Waals surface area contributed by atoms with Gasteiger partial charge in [-0.2, -0.15) is 13.2 Å². The Morgan fingerprint density at radius 3 is 2.15 bits per heavy atom. The molecule has 2 rings (SSSR count). The van der Waals surface area contributed by atoms with Crippen LogP contribution in [0.25, 0.3) is 0 Å². The van der Waals surface area contributed by atoms with E-state index < -0.39 is 41.6 Å².